The number of benzene rings is 1. The normalized spacial score (nSPS) is 11.1. The predicted molar refractivity (Wildman–Crippen MR) is 97.0 cm³/mol. The van der Waals surface area contributed by atoms with E-state index in [1.807, 2.05) is 6.07 Å². The van der Waals surface area contributed by atoms with Gasteiger partial charge in [0.2, 0.25) is 0 Å². The van der Waals surface area contributed by atoms with Crippen LogP contribution in [0.25, 0.3) is 11.3 Å². The van der Waals surface area contributed by atoms with Crippen LogP contribution in [0.1, 0.15) is 33.0 Å². The summed E-state index contributed by atoms with van der Waals surface area (Å²) in [5.41, 5.74) is -2.56. The number of aromatic carboxylic acids is 1. The van der Waals surface area contributed by atoms with Crippen molar-refractivity contribution >= 4 is 5.97 Å². The molecule has 0 saturated heterocycles. The molecular weight excluding hydrogens is 620 g/mol. The van der Waals surface area contributed by atoms with Crippen molar-refractivity contribution in [2.75, 3.05) is 0 Å². The van der Waals surface area contributed by atoms with Crippen LogP contribution in [0.4, 0.5) is 26.3 Å². The Balaban J connectivity index is 0.000000431. The molecule has 1 N–H and O–H groups in total. The van der Waals surface area contributed by atoms with Crippen LogP contribution in [0, 0.1) is 19.9 Å². The Morgan fingerprint density at radius 1 is 1.00 bits per heavy atom. The molecule has 1 radical (unpaired) electrons. The van der Waals surface area contributed by atoms with Gasteiger partial charge < -0.3 is 10.1 Å². The third kappa shape index (κ3) is 7.38. The van der Waals surface area contributed by atoms with Crippen LogP contribution >= 0.6 is 0 Å². The van der Waals surface area contributed by atoms with E-state index >= 15 is 0 Å². The molecule has 2 aromatic heterocycles. The molecule has 2 heterocycles. The second-order valence-corrected chi connectivity index (χ2v) is 6.16. The molecule has 0 atom stereocenters. The molecule has 0 aliphatic carbocycles. The van der Waals surface area contributed by atoms with E-state index < -0.39 is 35.0 Å². The molecule has 0 aliphatic rings. The Bertz CT molecular complexity index is 1040. The topological polar surface area (TPSA) is 76.0 Å². The van der Waals surface area contributed by atoms with Gasteiger partial charge in [0, 0.05) is 43.9 Å². The molecule has 0 spiro atoms. The third-order valence-electron chi connectivity index (χ3n) is 3.71. The Hall–Kier alpha value is -2.85. The SMILES string of the molecule is Cc1cnc(-c2[c-]c(C(F)(F)F)cc(C(F)(F)F)c2)c(C)n1.O=C(O)c1ccccn1.[Ir]. The van der Waals surface area contributed by atoms with E-state index in [-0.39, 0.29) is 43.3 Å². The van der Waals surface area contributed by atoms with Crippen molar-refractivity contribution in [3.05, 3.63) is 77.0 Å². The largest absolute Gasteiger partial charge is 0.477 e. The molecule has 0 fully saturated rings. The second-order valence-electron chi connectivity index (χ2n) is 6.16. The summed E-state index contributed by atoms with van der Waals surface area (Å²) < 4.78 is 76.7. The van der Waals surface area contributed by atoms with E-state index in [9.17, 15) is 31.1 Å². The van der Waals surface area contributed by atoms with Crippen LogP contribution in [0.3, 0.4) is 0 Å². The standard InChI is InChI=1S/C14H9F6N2.C6H5NO2.Ir/c1-7-6-21-12(8(2)22-7)9-3-10(13(15,16)17)5-11(4-9)14(18,19)20;8-6(9)5-3-1-2-4-7-5;/h3,5-6H,1-2H3;1-4H,(H,8,9);/q-1;;. The molecule has 3 rings (SSSR count). The summed E-state index contributed by atoms with van der Waals surface area (Å²) in [7, 11) is 0. The fraction of sp³-hybridized carbons (Fsp3) is 0.200. The van der Waals surface area contributed by atoms with E-state index in [0.717, 1.165) is 0 Å². The minimum Gasteiger partial charge on any atom is -0.477 e. The number of halogens is 6. The van der Waals surface area contributed by atoms with Gasteiger partial charge in [-0.25, -0.2) is 9.78 Å². The number of alkyl halides is 6. The van der Waals surface area contributed by atoms with E-state index in [1.54, 1.807) is 19.1 Å². The van der Waals surface area contributed by atoms with Gasteiger partial charge in [0.1, 0.15) is 5.69 Å². The summed E-state index contributed by atoms with van der Waals surface area (Å²) in [6.45, 7) is 3.07. The summed E-state index contributed by atoms with van der Waals surface area (Å²) in [6.07, 6.45) is -7.13. The zero-order valence-corrected chi connectivity index (χ0v) is 18.7. The third-order valence-corrected chi connectivity index (χ3v) is 3.71. The smallest absolute Gasteiger partial charge is 0.399 e. The van der Waals surface area contributed by atoms with Gasteiger partial charge in [-0.1, -0.05) is 6.07 Å². The van der Waals surface area contributed by atoms with Gasteiger partial charge in [-0.05, 0) is 37.1 Å². The van der Waals surface area contributed by atoms with E-state index in [1.165, 1.54) is 25.4 Å². The van der Waals surface area contributed by atoms with Crippen molar-refractivity contribution in [3.8, 4) is 11.3 Å². The summed E-state index contributed by atoms with van der Waals surface area (Å²) >= 11 is 0. The van der Waals surface area contributed by atoms with Crippen LogP contribution < -0.4 is 0 Å². The maximum absolute atomic E-state index is 12.8. The Labute approximate surface area is 191 Å². The first-order chi connectivity index (χ1) is 14.3. The molecule has 32 heavy (non-hydrogen) atoms. The molecule has 0 bridgehead atoms. The maximum Gasteiger partial charge on any atom is 0.399 e. The summed E-state index contributed by atoms with van der Waals surface area (Å²) in [4.78, 5) is 21.6. The first kappa shape index (κ1) is 27.2. The first-order valence-corrected chi connectivity index (χ1v) is 8.45. The number of carbonyl (C=O) groups is 1. The number of carboxylic acid groups (broad SMARTS) is 1. The van der Waals surface area contributed by atoms with E-state index in [0.29, 0.717) is 11.8 Å². The summed E-state index contributed by atoms with van der Waals surface area (Å²) in [5, 5.41) is 8.32. The van der Waals surface area contributed by atoms with Crippen LogP contribution in [0.2, 0.25) is 0 Å². The van der Waals surface area contributed by atoms with Crippen molar-refractivity contribution in [1.29, 1.82) is 0 Å². The molecule has 0 aliphatic heterocycles. The van der Waals surface area contributed by atoms with Gasteiger partial charge in [0.25, 0.3) is 0 Å². The average Bonchev–Trinajstić information content (AvgIpc) is 2.67. The molecule has 3 aromatic rings. The van der Waals surface area contributed by atoms with Crippen molar-refractivity contribution in [1.82, 2.24) is 15.0 Å². The molecule has 1 aromatic carbocycles. The molecular formula is C20H14F6IrN3O2-. The minimum atomic E-state index is -4.94. The molecule has 12 heteroatoms. The molecule has 0 amide bonds. The zero-order valence-electron chi connectivity index (χ0n) is 16.3. The quantitative estimate of drug-likeness (QED) is 0.303. The number of aromatic nitrogens is 3. The van der Waals surface area contributed by atoms with Crippen LogP contribution in [-0.2, 0) is 32.5 Å². The monoisotopic (exact) mass is 635 g/mol. The Morgan fingerprint density at radius 3 is 2.09 bits per heavy atom. The number of rotatable bonds is 2. The van der Waals surface area contributed by atoms with E-state index in [2.05, 4.69) is 15.0 Å². The number of carboxylic acids is 1. The molecule has 173 valence electrons. The van der Waals surface area contributed by atoms with Gasteiger partial charge >= 0.3 is 18.3 Å². The molecule has 0 saturated carbocycles. The van der Waals surface area contributed by atoms with Gasteiger partial charge in [-0.3, -0.25) is 4.98 Å². The minimum absolute atomic E-state index is 0. The van der Waals surface area contributed by atoms with Crippen LogP contribution in [0.5, 0.6) is 0 Å². The van der Waals surface area contributed by atoms with Crippen LogP contribution in [-0.4, -0.2) is 26.0 Å². The molecule has 5 nitrogen and oxygen atoms in total. The summed E-state index contributed by atoms with van der Waals surface area (Å²) in [6, 6.07) is 7.31. The zero-order chi connectivity index (χ0) is 23.4. The fourth-order valence-corrected chi connectivity index (χ4v) is 2.37. The number of hydrogen-bond acceptors (Lipinski definition) is 4. The van der Waals surface area contributed by atoms with Crippen molar-refractivity contribution in [2.45, 2.75) is 26.2 Å². The van der Waals surface area contributed by atoms with Crippen molar-refractivity contribution in [3.63, 3.8) is 0 Å². The van der Waals surface area contributed by atoms with Crippen molar-refractivity contribution in [2.24, 2.45) is 0 Å². The molecule has 0 unspecified atom stereocenters. The summed E-state index contributed by atoms with van der Waals surface area (Å²) in [5.74, 6) is -0.990. The predicted octanol–water partition coefficient (Wildman–Crippen LogP) is 5.38. The van der Waals surface area contributed by atoms with Gasteiger partial charge in [-0.2, -0.15) is 26.3 Å². The Morgan fingerprint density at radius 2 is 1.66 bits per heavy atom. The van der Waals surface area contributed by atoms with Gasteiger partial charge in [0.15, 0.2) is 0 Å². The van der Waals surface area contributed by atoms with Gasteiger partial charge in [-0.15, -0.1) is 23.8 Å². The fourth-order valence-electron chi connectivity index (χ4n) is 2.37. The number of hydrogen-bond donors (Lipinski definition) is 1. The Kier molecular flexibility index (Phi) is 9.04. The first-order valence-electron chi connectivity index (χ1n) is 8.45. The number of nitrogens with zero attached hydrogens (tertiary/aromatic N) is 3. The van der Waals surface area contributed by atoms with Crippen molar-refractivity contribution < 1.29 is 56.3 Å². The number of pyridine rings is 1. The maximum atomic E-state index is 12.8. The van der Waals surface area contributed by atoms with Gasteiger partial charge in [0.05, 0.1) is 5.69 Å². The number of aryl methyl sites for hydroxylation is 2. The van der Waals surface area contributed by atoms with Crippen LogP contribution in [0.15, 0.2) is 42.7 Å². The second kappa shape index (κ2) is 10.6. The van der Waals surface area contributed by atoms with E-state index in [4.69, 9.17) is 5.11 Å². The average molecular weight is 635 g/mol.